The Kier molecular flexibility index (Phi) is 8.68. The van der Waals surface area contributed by atoms with E-state index >= 15 is 0 Å². The summed E-state index contributed by atoms with van der Waals surface area (Å²) >= 11 is 0. The van der Waals surface area contributed by atoms with Crippen molar-refractivity contribution in [1.82, 2.24) is 4.90 Å². The van der Waals surface area contributed by atoms with Crippen LogP contribution in [0.25, 0.3) is 0 Å². The third-order valence-corrected chi connectivity index (χ3v) is 3.90. The Bertz CT molecular complexity index is 847. The van der Waals surface area contributed by atoms with Crippen molar-refractivity contribution in [2.75, 3.05) is 39.2 Å². The minimum atomic E-state index is -0.539. The summed E-state index contributed by atoms with van der Waals surface area (Å²) in [6, 6.07) is 13.5. The van der Waals surface area contributed by atoms with Crippen LogP contribution in [0.1, 0.15) is 23.7 Å². The molecule has 0 atom stereocenters. The molecule has 2 aromatic carbocycles. The molecule has 30 heavy (non-hydrogen) atoms. The van der Waals surface area contributed by atoms with E-state index in [1.807, 2.05) is 6.92 Å². The summed E-state index contributed by atoms with van der Waals surface area (Å²) in [6.07, 6.45) is 0.0157. The number of carbonyl (C=O) groups is 3. The van der Waals surface area contributed by atoms with Crippen molar-refractivity contribution in [3.63, 3.8) is 0 Å². The molecule has 2 amide bonds. The number of benzene rings is 2. The van der Waals surface area contributed by atoms with Crippen LogP contribution in [0.4, 0.5) is 5.69 Å². The minimum absolute atomic E-state index is 0.0157. The van der Waals surface area contributed by atoms with Gasteiger partial charge in [-0.2, -0.15) is 0 Å². The first kappa shape index (κ1) is 22.7. The van der Waals surface area contributed by atoms with Gasteiger partial charge in [0.1, 0.15) is 11.5 Å². The van der Waals surface area contributed by atoms with Crippen molar-refractivity contribution >= 4 is 23.5 Å². The highest BCUT2D eigenvalue weighted by Crippen LogP contribution is 2.17. The van der Waals surface area contributed by atoms with Gasteiger partial charge in [-0.1, -0.05) is 0 Å². The third kappa shape index (κ3) is 7.46. The van der Waals surface area contributed by atoms with Crippen LogP contribution in [-0.4, -0.2) is 56.6 Å². The van der Waals surface area contributed by atoms with E-state index in [0.717, 1.165) is 5.75 Å². The number of nitrogens with one attached hydrogen (secondary N) is 1. The van der Waals surface area contributed by atoms with Crippen molar-refractivity contribution in [2.24, 2.45) is 0 Å². The van der Waals surface area contributed by atoms with Gasteiger partial charge in [-0.25, -0.2) is 0 Å². The quantitative estimate of drug-likeness (QED) is 0.601. The zero-order chi connectivity index (χ0) is 21.9. The molecule has 160 valence electrons. The van der Waals surface area contributed by atoms with E-state index in [9.17, 15) is 14.4 Å². The molecular weight excluding hydrogens is 388 g/mol. The van der Waals surface area contributed by atoms with Crippen LogP contribution < -0.4 is 14.8 Å². The number of hydrogen-bond acceptors (Lipinski definition) is 6. The molecule has 0 saturated heterocycles. The molecule has 0 aliphatic carbocycles. The van der Waals surface area contributed by atoms with Gasteiger partial charge in [0.15, 0.2) is 6.61 Å². The lowest BCUT2D eigenvalue weighted by molar-refractivity contribution is -0.147. The fourth-order valence-electron chi connectivity index (χ4n) is 2.42. The van der Waals surface area contributed by atoms with Crippen molar-refractivity contribution in [3.05, 3.63) is 54.1 Å². The van der Waals surface area contributed by atoms with Gasteiger partial charge in [0.25, 0.3) is 11.8 Å². The summed E-state index contributed by atoms with van der Waals surface area (Å²) in [4.78, 5) is 37.0. The second kappa shape index (κ2) is 11.5. The van der Waals surface area contributed by atoms with Gasteiger partial charge in [-0.05, 0) is 55.5 Å². The van der Waals surface area contributed by atoms with Gasteiger partial charge >= 0.3 is 5.97 Å². The Morgan fingerprint density at radius 2 is 1.50 bits per heavy atom. The third-order valence-electron chi connectivity index (χ3n) is 3.90. The van der Waals surface area contributed by atoms with E-state index in [4.69, 9.17) is 14.2 Å². The highest BCUT2D eigenvalue weighted by atomic mass is 16.5. The Labute approximate surface area is 175 Å². The van der Waals surface area contributed by atoms with E-state index < -0.39 is 18.5 Å². The molecule has 0 radical (unpaired) electrons. The molecule has 8 heteroatoms. The number of nitrogens with zero attached hydrogens (tertiary/aromatic N) is 1. The second-order valence-electron chi connectivity index (χ2n) is 6.49. The maximum Gasteiger partial charge on any atom is 0.309 e. The Balaban J connectivity index is 1.67. The average molecular weight is 414 g/mol. The van der Waals surface area contributed by atoms with Gasteiger partial charge in [0.2, 0.25) is 0 Å². The van der Waals surface area contributed by atoms with Gasteiger partial charge < -0.3 is 24.4 Å². The van der Waals surface area contributed by atoms with Crippen LogP contribution in [0.2, 0.25) is 0 Å². The lowest BCUT2D eigenvalue weighted by Crippen LogP contribution is -2.22. The van der Waals surface area contributed by atoms with Gasteiger partial charge in [0, 0.05) is 25.3 Å². The first-order valence-corrected chi connectivity index (χ1v) is 9.52. The van der Waals surface area contributed by atoms with Gasteiger partial charge in [-0.15, -0.1) is 0 Å². The zero-order valence-electron chi connectivity index (χ0n) is 17.3. The normalized spacial score (nSPS) is 10.1. The fraction of sp³-hybridized carbons (Fsp3) is 0.318. The fourth-order valence-corrected chi connectivity index (χ4v) is 2.42. The standard InChI is InChI=1S/C22H26N2O6/c1-4-28-18-9-11-19(12-10-18)29-14-13-21(26)30-15-20(25)23-17-7-5-16(6-8-17)22(27)24(2)3/h5-12H,4,13-15H2,1-3H3,(H,23,25). The second-order valence-corrected chi connectivity index (χ2v) is 6.49. The molecule has 0 fully saturated rings. The predicted octanol–water partition coefficient (Wildman–Crippen LogP) is 2.74. The number of anilines is 1. The zero-order valence-corrected chi connectivity index (χ0v) is 17.3. The molecule has 0 spiro atoms. The predicted molar refractivity (Wildman–Crippen MR) is 112 cm³/mol. The van der Waals surface area contributed by atoms with Crippen LogP contribution in [0.3, 0.4) is 0 Å². The number of rotatable bonds is 10. The Hall–Kier alpha value is -3.55. The number of carbonyl (C=O) groups excluding carboxylic acids is 3. The van der Waals surface area contributed by atoms with Crippen LogP contribution in [0.15, 0.2) is 48.5 Å². The summed E-state index contributed by atoms with van der Waals surface area (Å²) in [5.74, 6) is 0.217. The van der Waals surface area contributed by atoms with Crippen LogP contribution in [0.5, 0.6) is 11.5 Å². The average Bonchev–Trinajstić information content (AvgIpc) is 2.74. The van der Waals surface area contributed by atoms with Crippen molar-refractivity contribution < 1.29 is 28.6 Å². The SMILES string of the molecule is CCOc1ccc(OCCC(=O)OCC(=O)Nc2ccc(C(=O)N(C)C)cc2)cc1. The van der Waals surface area contributed by atoms with Crippen LogP contribution in [0, 0.1) is 0 Å². The highest BCUT2D eigenvalue weighted by Gasteiger charge is 2.10. The molecule has 0 aromatic heterocycles. The van der Waals surface area contributed by atoms with Crippen LogP contribution in [-0.2, 0) is 14.3 Å². The summed E-state index contributed by atoms with van der Waals surface area (Å²) in [5.41, 5.74) is 1.02. The Morgan fingerprint density at radius 3 is 2.07 bits per heavy atom. The summed E-state index contributed by atoms with van der Waals surface area (Å²) < 4.78 is 15.8. The maximum absolute atomic E-state index is 11.9. The van der Waals surface area contributed by atoms with E-state index in [0.29, 0.717) is 23.6 Å². The van der Waals surface area contributed by atoms with E-state index in [2.05, 4.69) is 5.32 Å². The minimum Gasteiger partial charge on any atom is -0.494 e. The largest absolute Gasteiger partial charge is 0.494 e. The molecule has 0 unspecified atom stereocenters. The maximum atomic E-state index is 11.9. The van der Waals surface area contributed by atoms with E-state index in [1.54, 1.807) is 62.6 Å². The molecule has 2 rings (SSSR count). The topological polar surface area (TPSA) is 94.2 Å². The van der Waals surface area contributed by atoms with Crippen molar-refractivity contribution in [1.29, 1.82) is 0 Å². The molecule has 2 aromatic rings. The smallest absolute Gasteiger partial charge is 0.309 e. The number of ether oxygens (including phenoxy) is 3. The number of hydrogen-bond donors (Lipinski definition) is 1. The summed E-state index contributed by atoms with van der Waals surface area (Å²) in [6.45, 7) is 2.22. The number of esters is 1. The van der Waals surface area contributed by atoms with E-state index in [-0.39, 0.29) is 18.9 Å². The first-order valence-electron chi connectivity index (χ1n) is 9.52. The van der Waals surface area contributed by atoms with Gasteiger partial charge in [-0.3, -0.25) is 14.4 Å². The number of amides is 2. The Morgan fingerprint density at radius 1 is 0.900 bits per heavy atom. The lowest BCUT2D eigenvalue weighted by Gasteiger charge is -2.11. The molecular formula is C22H26N2O6. The molecule has 0 aliphatic rings. The molecule has 0 saturated carbocycles. The molecule has 8 nitrogen and oxygen atoms in total. The molecule has 0 heterocycles. The summed E-state index contributed by atoms with van der Waals surface area (Å²) in [5, 5.41) is 2.61. The van der Waals surface area contributed by atoms with E-state index in [1.165, 1.54) is 4.90 Å². The molecule has 1 N–H and O–H groups in total. The highest BCUT2D eigenvalue weighted by molar-refractivity contribution is 5.96. The monoisotopic (exact) mass is 414 g/mol. The van der Waals surface area contributed by atoms with Gasteiger partial charge in [0.05, 0.1) is 19.6 Å². The molecule has 0 bridgehead atoms. The van der Waals surface area contributed by atoms with Crippen LogP contribution >= 0.6 is 0 Å². The first-order chi connectivity index (χ1) is 14.4. The molecule has 0 aliphatic heterocycles. The summed E-state index contributed by atoms with van der Waals surface area (Å²) in [7, 11) is 3.32. The lowest BCUT2D eigenvalue weighted by atomic mass is 10.2. The van der Waals surface area contributed by atoms with Crippen molar-refractivity contribution in [2.45, 2.75) is 13.3 Å². The van der Waals surface area contributed by atoms with Crippen molar-refractivity contribution in [3.8, 4) is 11.5 Å².